The molecule has 4 saturated heterocycles. The topological polar surface area (TPSA) is 467 Å². The number of hydrogen-bond donors (Lipinski definition) is 19. The number of rotatable bonds is 25. The molecule has 35 atom stereocenters. The number of fused-ring (bicyclic) bond motifs is 3. The second-order valence-electron chi connectivity index (χ2n) is 32.0. The van der Waals surface area contributed by atoms with Gasteiger partial charge in [-0.05, 0) is 115 Å². The number of aliphatic hydroxyl groups excluding tert-OH is 18. The maximum absolute atomic E-state index is 12.6. The Bertz CT molecular complexity index is 2490. The fourth-order valence-corrected chi connectivity index (χ4v) is 17.7. The third kappa shape index (κ3) is 15.5. The van der Waals surface area contributed by atoms with Crippen molar-refractivity contribution in [2.24, 2.45) is 57.7 Å². The monoisotopic (exact) mass is 1370 g/mol. The minimum absolute atomic E-state index is 0.0391. The summed E-state index contributed by atoms with van der Waals surface area (Å²) >= 11 is 0. The Hall–Kier alpha value is -1.38. The predicted molar refractivity (Wildman–Crippen MR) is 334 cm³/mol. The predicted octanol–water partition coefficient (Wildman–Crippen LogP) is -3.34. The van der Waals surface area contributed by atoms with Crippen LogP contribution in [-0.4, -0.2) is 319 Å². The summed E-state index contributed by atoms with van der Waals surface area (Å²) in [5.41, 5.74) is -5.45. The number of aliphatic hydroxyl groups is 19. The van der Waals surface area contributed by atoms with E-state index in [0.29, 0.717) is 25.7 Å². The van der Waals surface area contributed by atoms with E-state index in [1.54, 1.807) is 20.8 Å². The number of allylic oxidation sites excluding steroid dienone is 1. The Kier molecular flexibility index (Phi) is 25.5. The SMILES string of the molecule is CC(CCC(OC[C@H]1OC(COCC2(C)OC(CO)[C@H](O)[C@H](O)C2O)[C@H](O)[C@H](O)C1O[C@@]1(C)OC(CO)[C@H](O)[C@H](O)C1O)C(C)(C)O)C(C)C1CC(O)C2(C)C3CCC(OCC4(C)CC(COCC5(C)OC(CO)[C@@H](O)C(O)[C@@H]5O)[C@@H](O)C(O)[C@@H]4O)C(C)(C)C3=CCC2C1C. The highest BCUT2D eigenvalue weighted by Gasteiger charge is 2.62. The molecule has 0 radical (unpaired) electrons. The van der Waals surface area contributed by atoms with Gasteiger partial charge in [0.2, 0.25) is 0 Å². The van der Waals surface area contributed by atoms with Gasteiger partial charge in [-0.2, -0.15) is 0 Å². The molecule has 28 nitrogen and oxygen atoms in total. The van der Waals surface area contributed by atoms with Crippen LogP contribution in [0.1, 0.15) is 128 Å². The summed E-state index contributed by atoms with van der Waals surface area (Å²) in [6.07, 6.45) is -27.0. The van der Waals surface area contributed by atoms with Crippen LogP contribution in [0, 0.1) is 57.7 Å². The highest BCUT2D eigenvalue weighted by Crippen LogP contribution is 2.64. The van der Waals surface area contributed by atoms with Gasteiger partial charge in [-0.15, -0.1) is 0 Å². The van der Waals surface area contributed by atoms with Crippen LogP contribution in [0.5, 0.6) is 0 Å². The normalized spacial score (nSPS) is 49.8. The lowest BCUT2D eigenvalue weighted by atomic mass is 9.44. The van der Waals surface area contributed by atoms with Crippen LogP contribution in [0.3, 0.4) is 0 Å². The van der Waals surface area contributed by atoms with Gasteiger partial charge >= 0.3 is 0 Å². The molecule has 8 aliphatic rings. The van der Waals surface area contributed by atoms with Crippen molar-refractivity contribution in [3.05, 3.63) is 11.6 Å². The number of ether oxygens (including phenoxy) is 9. The molecule has 19 N–H and O–H groups in total. The third-order valence-corrected chi connectivity index (χ3v) is 24.5. The van der Waals surface area contributed by atoms with Crippen LogP contribution in [0.4, 0.5) is 0 Å². The Labute approximate surface area is 557 Å². The molecule has 3 saturated carbocycles. The molecule has 0 bridgehead atoms. The minimum atomic E-state index is -2.22. The Morgan fingerprint density at radius 3 is 1.64 bits per heavy atom. The van der Waals surface area contributed by atoms with Crippen LogP contribution in [0.25, 0.3) is 0 Å². The molecule has 554 valence electrons. The Morgan fingerprint density at radius 1 is 0.579 bits per heavy atom. The van der Waals surface area contributed by atoms with Gasteiger partial charge in [0, 0.05) is 22.2 Å². The standard InChI is InChI=1S/C67H118O28/c1-30(13-17-45(62(6,7)86)89-26-42-56(95-67(12)60(85)55(81)49(75)40(23-70)94-67)51(77)50(76)41(91-42)25-88-29-65(10)59(84)54(80)48(74)39(22-69)93-65)31(2)34-19-43(71)66(11)35(32(34)3)14-15-36-37(66)16-18-44(61(36,4)5)90-27-63(8)20-33(46(72)52(78)57(63)82)24-87-28-64(9)58(83)53(79)47(73)38(21-68)92-64/h15,30-35,37-60,68-86H,13-14,16-29H2,1-12H3/t30?,31?,32?,33?,34?,35?,37?,38?,39?,40?,41?,42-,43?,44?,45?,46-,47-,48+,49+,50+,51+,52?,53?,54+,55+,56?,57+,58+,59?,60?,63?,64?,65?,66?,67-/m1/s1. The molecule has 95 heavy (non-hydrogen) atoms. The van der Waals surface area contributed by atoms with Crippen molar-refractivity contribution in [2.45, 2.75) is 291 Å². The van der Waals surface area contributed by atoms with Crippen molar-refractivity contribution in [3.8, 4) is 0 Å². The van der Waals surface area contributed by atoms with Crippen molar-refractivity contribution < 1.29 is 140 Å². The molecular formula is C67H118O28. The highest BCUT2D eigenvalue weighted by atomic mass is 16.7. The van der Waals surface area contributed by atoms with Gasteiger partial charge < -0.3 is 140 Å². The van der Waals surface area contributed by atoms with E-state index >= 15 is 0 Å². The molecule has 7 fully saturated rings. The van der Waals surface area contributed by atoms with E-state index in [-0.39, 0.29) is 67.9 Å². The first-order chi connectivity index (χ1) is 44.1. The zero-order chi connectivity index (χ0) is 70.8. The average Bonchev–Trinajstić information content (AvgIpc) is 0.711. The van der Waals surface area contributed by atoms with E-state index in [9.17, 15) is 97.0 Å². The minimum Gasteiger partial charge on any atom is -0.394 e. The molecule has 0 aromatic carbocycles. The molecule has 4 aliphatic heterocycles. The van der Waals surface area contributed by atoms with E-state index in [1.807, 2.05) is 0 Å². The molecule has 0 spiro atoms. The number of hydrogen-bond acceptors (Lipinski definition) is 28. The van der Waals surface area contributed by atoms with Crippen LogP contribution in [-0.2, 0) is 42.6 Å². The van der Waals surface area contributed by atoms with E-state index in [4.69, 9.17) is 42.6 Å². The van der Waals surface area contributed by atoms with Gasteiger partial charge in [-0.25, -0.2) is 0 Å². The average molecular weight is 1370 g/mol. The first kappa shape index (κ1) is 79.3. The van der Waals surface area contributed by atoms with E-state index in [1.165, 1.54) is 26.3 Å². The van der Waals surface area contributed by atoms with Crippen molar-refractivity contribution in [1.29, 1.82) is 0 Å². The van der Waals surface area contributed by atoms with Gasteiger partial charge in [0.25, 0.3) is 0 Å². The fraction of sp³-hybridized carbons (Fsp3) is 0.970. The second kappa shape index (κ2) is 30.5. The van der Waals surface area contributed by atoms with Crippen molar-refractivity contribution in [1.82, 2.24) is 0 Å². The van der Waals surface area contributed by atoms with E-state index < -0.39 is 219 Å². The van der Waals surface area contributed by atoms with Crippen molar-refractivity contribution in [2.75, 3.05) is 59.5 Å². The quantitative estimate of drug-likeness (QED) is 0.0397. The second-order valence-corrected chi connectivity index (χ2v) is 32.0. The summed E-state index contributed by atoms with van der Waals surface area (Å²) in [5, 5.41) is 207. The molecule has 4 heterocycles. The Morgan fingerprint density at radius 2 is 1.09 bits per heavy atom. The molecular weight excluding hydrogens is 1250 g/mol. The molecule has 23 unspecified atom stereocenters. The first-order valence-corrected chi connectivity index (χ1v) is 34.3. The van der Waals surface area contributed by atoms with E-state index in [0.717, 1.165) is 12.8 Å². The molecule has 8 rings (SSSR count). The molecule has 0 aromatic rings. The zero-order valence-electron chi connectivity index (χ0n) is 57.4. The lowest BCUT2D eigenvalue weighted by Gasteiger charge is -2.62. The van der Waals surface area contributed by atoms with Crippen LogP contribution in [0.15, 0.2) is 11.6 Å². The fourth-order valence-electron chi connectivity index (χ4n) is 17.7. The smallest absolute Gasteiger partial charge is 0.195 e. The molecule has 28 heteroatoms. The van der Waals surface area contributed by atoms with Gasteiger partial charge in [0.15, 0.2) is 5.79 Å². The summed E-state index contributed by atoms with van der Waals surface area (Å²) in [4.78, 5) is 0. The summed E-state index contributed by atoms with van der Waals surface area (Å²) in [6, 6.07) is 0. The van der Waals surface area contributed by atoms with Crippen molar-refractivity contribution in [3.63, 3.8) is 0 Å². The maximum atomic E-state index is 12.6. The van der Waals surface area contributed by atoms with Crippen molar-refractivity contribution >= 4 is 0 Å². The molecule has 0 amide bonds. The molecule has 0 aromatic heterocycles. The summed E-state index contributed by atoms with van der Waals surface area (Å²) in [7, 11) is 0. The van der Waals surface area contributed by atoms with Gasteiger partial charge in [-0.1, -0.05) is 60.1 Å². The van der Waals surface area contributed by atoms with Gasteiger partial charge in [-0.3, -0.25) is 0 Å². The lowest BCUT2D eigenvalue weighted by Crippen LogP contribution is -2.69. The molecule has 4 aliphatic carbocycles. The van der Waals surface area contributed by atoms with Gasteiger partial charge in [0.05, 0.1) is 95.6 Å². The first-order valence-electron chi connectivity index (χ1n) is 34.3. The third-order valence-electron chi connectivity index (χ3n) is 24.5. The maximum Gasteiger partial charge on any atom is 0.195 e. The zero-order valence-corrected chi connectivity index (χ0v) is 57.4. The largest absolute Gasteiger partial charge is 0.394 e. The summed E-state index contributed by atoms with van der Waals surface area (Å²) in [6.45, 7) is 18.5. The summed E-state index contributed by atoms with van der Waals surface area (Å²) < 4.78 is 55.1. The lowest BCUT2D eigenvalue weighted by molar-refractivity contribution is -0.391. The highest BCUT2D eigenvalue weighted by molar-refractivity contribution is 5.29. The summed E-state index contributed by atoms with van der Waals surface area (Å²) in [5.74, 6) is -2.31. The van der Waals surface area contributed by atoms with Crippen LogP contribution in [0.2, 0.25) is 0 Å². The van der Waals surface area contributed by atoms with Crippen LogP contribution < -0.4 is 0 Å². The van der Waals surface area contributed by atoms with Gasteiger partial charge in [0.1, 0.15) is 121 Å². The van der Waals surface area contributed by atoms with E-state index in [2.05, 4.69) is 47.6 Å². The Balaban J connectivity index is 0.903. The van der Waals surface area contributed by atoms with Crippen LogP contribution >= 0.6 is 0 Å².